The molecule has 0 aromatic carbocycles. The van der Waals surface area contributed by atoms with Crippen LogP contribution in [-0.4, -0.2) is 11.7 Å². The number of nitrogens with two attached hydrogens (primary N) is 1. The van der Waals surface area contributed by atoms with Gasteiger partial charge in [-0.3, -0.25) is 0 Å². The van der Waals surface area contributed by atoms with Gasteiger partial charge in [-0.05, 0) is 43.8 Å². The summed E-state index contributed by atoms with van der Waals surface area (Å²) in [7, 11) is 0. The zero-order valence-electron chi connectivity index (χ0n) is 7.50. The monoisotopic (exact) mass is 185 g/mol. The molecule has 0 spiro atoms. The van der Waals surface area contributed by atoms with E-state index < -0.39 is 5.60 Å². The molecule has 0 aliphatic carbocycles. The van der Waals surface area contributed by atoms with Gasteiger partial charge in [0.1, 0.15) is 0 Å². The van der Waals surface area contributed by atoms with E-state index in [1.807, 2.05) is 25.3 Å². The predicted molar refractivity (Wildman–Crippen MR) is 52.3 cm³/mol. The molecule has 1 aromatic heterocycles. The highest BCUT2D eigenvalue weighted by atomic mass is 32.1. The molecule has 1 aromatic rings. The summed E-state index contributed by atoms with van der Waals surface area (Å²) in [6.07, 6.45) is 0.618. The van der Waals surface area contributed by atoms with E-state index in [0.717, 1.165) is 4.88 Å². The first kappa shape index (κ1) is 9.71. The Hall–Kier alpha value is -0.380. The normalized spacial score (nSPS) is 16.0. The Morgan fingerprint density at radius 3 is 2.75 bits per heavy atom. The third kappa shape index (κ3) is 2.06. The number of hydrogen-bond donors (Lipinski definition) is 2. The van der Waals surface area contributed by atoms with E-state index in [0.29, 0.717) is 13.0 Å². The van der Waals surface area contributed by atoms with Crippen molar-refractivity contribution in [3.63, 3.8) is 0 Å². The molecular formula is C9H15NOS. The van der Waals surface area contributed by atoms with Crippen LogP contribution in [0.4, 0.5) is 0 Å². The van der Waals surface area contributed by atoms with Gasteiger partial charge in [0.25, 0.3) is 0 Å². The zero-order valence-corrected chi connectivity index (χ0v) is 8.32. The Kier molecular flexibility index (Phi) is 2.88. The van der Waals surface area contributed by atoms with Crippen LogP contribution in [0.25, 0.3) is 0 Å². The van der Waals surface area contributed by atoms with Gasteiger partial charge in [-0.15, -0.1) is 11.3 Å². The second-order valence-electron chi connectivity index (χ2n) is 3.30. The molecule has 0 aliphatic rings. The summed E-state index contributed by atoms with van der Waals surface area (Å²) in [5.74, 6) is 0. The minimum atomic E-state index is -0.742. The van der Waals surface area contributed by atoms with Crippen molar-refractivity contribution in [1.82, 2.24) is 0 Å². The van der Waals surface area contributed by atoms with E-state index >= 15 is 0 Å². The summed E-state index contributed by atoms with van der Waals surface area (Å²) in [6.45, 7) is 4.35. The predicted octanol–water partition coefficient (Wildman–Crippen LogP) is 1.61. The smallest absolute Gasteiger partial charge is 0.0972 e. The Bertz CT molecular complexity index is 255. The Labute approximate surface area is 77.0 Å². The standard InChI is InChI=1S/C9H15NOS/c1-7-5-8(12-6-7)9(2,11)3-4-10/h5-6,11H,3-4,10H2,1-2H3. The maximum atomic E-state index is 9.93. The number of thiophene rings is 1. The molecule has 0 aliphatic heterocycles. The average molecular weight is 185 g/mol. The largest absolute Gasteiger partial charge is 0.385 e. The maximum Gasteiger partial charge on any atom is 0.0972 e. The highest BCUT2D eigenvalue weighted by Gasteiger charge is 2.23. The summed E-state index contributed by atoms with van der Waals surface area (Å²) in [5.41, 5.74) is 5.86. The van der Waals surface area contributed by atoms with Gasteiger partial charge in [-0.25, -0.2) is 0 Å². The molecule has 1 rings (SSSR count). The molecule has 1 atom stereocenters. The molecule has 0 bridgehead atoms. The molecule has 3 heteroatoms. The average Bonchev–Trinajstić information content (AvgIpc) is 2.36. The van der Waals surface area contributed by atoms with Gasteiger partial charge in [-0.2, -0.15) is 0 Å². The van der Waals surface area contributed by atoms with Crippen molar-refractivity contribution >= 4 is 11.3 Å². The summed E-state index contributed by atoms with van der Waals surface area (Å²) >= 11 is 1.59. The van der Waals surface area contributed by atoms with Crippen molar-refractivity contribution < 1.29 is 5.11 Å². The molecule has 3 N–H and O–H groups in total. The van der Waals surface area contributed by atoms with E-state index in [1.54, 1.807) is 11.3 Å². The van der Waals surface area contributed by atoms with Crippen LogP contribution in [-0.2, 0) is 5.60 Å². The topological polar surface area (TPSA) is 46.2 Å². The fourth-order valence-electron chi connectivity index (χ4n) is 1.12. The van der Waals surface area contributed by atoms with E-state index in [9.17, 15) is 5.11 Å². The van der Waals surface area contributed by atoms with Crippen molar-refractivity contribution in [3.8, 4) is 0 Å². The molecule has 0 radical (unpaired) electrons. The lowest BCUT2D eigenvalue weighted by atomic mass is 10.0. The van der Waals surface area contributed by atoms with Crippen LogP contribution in [0.3, 0.4) is 0 Å². The Morgan fingerprint density at radius 2 is 2.33 bits per heavy atom. The fourth-order valence-corrected chi connectivity index (χ4v) is 2.11. The minimum absolute atomic E-state index is 0.518. The Balaban J connectivity index is 2.81. The molecule has 0 amide bonds. The first-order valence-corrected chi connectivity index (χ1v) is 4.92. The summed E-state index contributed by atoms with van der Waals surface area (Å²) in [6, 6.07) is 2.01. The molecule has 0 saturated carbocycles. The Morgan fingerprint density at radius 1 is 1.67 bits per heavy atom. The van der Waals surface area contributed by atoms with E-state index in [1.165, 1.54) is 5.56 Å². The lowest BCUT2D eigenvalue weighted by Crippen LogP contribution is -2.23. The molecule has 0 saturated heterocycles. The second-order valence-corrected chi connectivity index (χ2v) is 4.21. The zero-order chi connectivity index (χ0) is 9.19. The molecule has 0 fully saturated rings. The molecule has 68 valence electrons. The lowest BCUT2D eigenvalue weighted by Gasteiger charge is -2.20. The van der Waals surface area contributed by atoms with Gasteiger partial charge in [0.05, 0.1) is 5.60 Å². The van der Waals surface area contributed by atoms with E-state index in [4.69, 9.17) is 5.73 Å². The lowest BCUT2D eigenvalue weighted by molar-refractivity contribution is 0.0542. The van der Waals surface area contributed by atoms with Crippen LogP contribution in [0.5, 0.6) is 0 Å². The number of aryl methyl sites for hydroxylation is 1. The highest BCUT2D eigenvalue weighted by Crippen LogP contribution is 2.29. The minimum Gasteiger partial charge on any atom is -0.385 e. The van der Waals surface area contributed by atoms with Crippen LogP contribution < -0.4 is 5.73 Å². The first-order chi connectivity index (χ1) is 5.56. The van der Waals surface area contributed by atoms with Crippen LogP contribution >= 0.6 is 11.3 Å². The van der Waals surface area contributed by atoms with Gasteiger partial charge in [-0.1, -0.05) is 0 Å². The molecule has 12 heavy (non-hydrogen) atoms. The molecule has 1 unspecified atom stereocenters. The first-order valence-electron chi connectivity index (χ1n) is 4.04. The van der Waals surface area contributed by atoms with Gasteiger partial charge < -0.3 is 10.8 Å². The third-order valence-electron chi connectivity index (χ3n) is 1.89. The molecule has 1 heterocycles. The van der Waals surface area contributed by atoms with Crippen molar-refractivity contribution in [2.45, 2.75) is 25.9 Å². The van der Waals surface area contributed by atoms with E-state index in [-0.39, 0.29) is 0 Å². The fraction of sp³-hybridized carbons (Fsp3) is 0.556. The van der Waals surface area contributed by atoms with E-state index in [2.05, 4.69) is 0 Å². The summed E-state index contributed by atoms with van der Waals surface area (Å²) in [4.78, 5) is 1.01. The van der Waals surface area contributed by atoms with Gasteiger partial charge in [0.2, 0.25) is 0 Å². The SMILES string of the molecule is Cc1csc(C(C)(O)CCN)c1. The van der Waals surface area contributed by atoms with Crippen molar-refractivity contribution in [2.24, 2.45) is 5.73 Å². The third-order valence-corrected chi connectivity index (χ3v) is 3.19. The highest BCUT2D eigenvalue weighted by molar-refractivity contribution is 7.10. The van der Waals surface area contributed by atoms with Crippen LogP contribution in [0, 0.1) is 6.92 Å². The van der Waals surface area contributed by atoms with Gasteiger partial charge >= 0.3 is 0 Å². The number of rotatable bonds is 3. The van der Waals surface area contributed by atoms with Crippen molar-refractivity contribution in [3.05, 3.63) is 21.9 Å². The summed E-state index contributed by atoms with van der Waals surface area (Å²) in [5, 5.41) is 12.0. The number of hydrogen-bond acceptors (Lipinski definition) is 3. The maximum absolute atomic E-state index is 9.93. The second kappa shape index (κ2) is 3.56. The van der Waals surface area contributed by atoms with Crippen LogP contribution in [0.2, 0.25) is 0 Å². The molecular weight excluding hydrogens is 170 g/mol. The summed E-state index contributed by atoms with van der Waals surface area (Å²) < 4.78 is 0. The van der Waals surface area contributed by atoms with Crippen molar-refractivity contribution in [2.75, 3.05) is 6.54 Å². The van der Waals surface area contributed by atoms with Gasteiger partial charge in [0.15, 0.2) is 0 Å². The van der Waals surface area contributed by atoms with Gasteiger partial charge in [0, 0.05) is 4.88 Å². The molecule has 2 nitrogen and oxygen atoms in total. The van der Waals surface area contributed by atoms with Crippen LogP contribution in [0.15, 0.2) is 11.4 Å². The van der Waals surface area contributed by atoms with Crippen LogP contribution in [0.1, 0.15) is 23.8 Å². The quantitative estimate of drug-likeness (QED) is 0.751. The van der Waals surface area contributed by atoms with Crippen molar-refractivity contribution in [1.29, 1.82) is 0 Å². The number of aliphatic hydroxyl groups is 1.